The van der Waals surface area contributed by atoms with E-state index >= 15 is 0 Å². The van der Waals surface area contributed by atoms with Crippen molar-refractivity contribution < 1.29 is 4.39 Å². The number of rotatable bonds is 2. The second-order valence-electron chi connectivity index (χ2n) is 4.99. The molecule has 0 N–H and O–H groups in total. The van der Waals surface area contributed by atoms with Gasteiger partial charge in [-0.15, -0.1) is 5.10 Å². The van der Waals surface area contributed by atoms with Gasteiger partial charge in [0.1, 0.15) is 5.82 Å². The fourth-order valence-corrected chi connectivity index (χ4v) is 2.48. The molecule has 0 radical (unpaired) electrons. The summed E-state index contributed by atoms with van der Waals surface area (Å²) >= 11 is 5.91. The zero-order valence-corrected chi connectivity index (χ0v) is 12.6. The molecule has 0 fully saturated rings. The van der Waals surface area contributed by atoms with Gasteiger partial charge < -0.3 is 0 Å². The van der Waals surface area contributed by atoms with Crippen molar-refractivity contribution in [3.63, 3.8) is 0 Å². The van der Waals surface area contributed by atoms with Crippen LogP contribution >= 0.6 is 11.6 Å². The first-order valence-electron chi connectivity index (χ1n) is 6.94. The molecule has 4 nitrogen and oxygen atoms in total. The second kappa shape index (κ2) is 5.44. The summed E-state index contributed by atoms with van der Waals surface area (Å²) in [6.45, 7) is 0. The third-order valence-corrected chi connectivity index (χ3v) is 3.74. The number of aromatic nitrogens is 4. The Balaban J connectivity index is 1.87. The van der Waals surface area contributed by atoms with Gasteiger partial charge in [-0.3, -0.25) is 0 Å². The van der Waals surface area contributed by atoms with Crippen molar-refractivity contribution in [3.05, 3.63) is 71.6 Å². The maximum Gasteiger partial charge on any atom is 0.253 e. The van der Waals surface area contributed by atoms with Crippen LogP contribution in [0.1, 0.15) is 0 Å². The van der Waals surface area contributed by atoms with Gasteiger partial charge >= 0.3 is 0 Å². The van der Waals surface area contributed by atoms with Crippen molar-refractivity contribution in [3.8, 4) is 22.6 Å². The Morgan fingerprint density at radius 3 is 2.30 bits per heavy atom. The van der Waals surface area contributed by atoms with Crippen LogP contribution in [0.2, 0.25) is 5.02 Å². The molecule has 0 aliphatic carbocycles. The van der Waals surface area contributed by atoms with Crippen LogP contribution in [0.3, 0.4) is 0 Å². The topological polar surface area (TPSA) is 43.1 Å². The first-order valence-corrected chi connectivity index (χ1v) is 7.32. The quantitative estimate of drug-likeness (QED) is 0.553. The Morgan fingerprint density at radius 1 is 0.870 bits per heavy atom. The molecule has 4 rings (SSSR count). The number of nitrogens with zero attached hydrogens (tertiary/aromatic N) is 4. The van der Waals surface area contributed by atoms with Crippen LogP contribution in [-0.4, -0.2) is 19.6 Å². The summed E-state index contributed by atoms with van der Waals surface area (Å²) in [5.74, 6) is 0.764. The first kappa shape index (κ1) is 13.8. The second-order valence-corrected chi connectivity index (χ2v) is 5.43. The zero-order chi connectivity index (χ0) is 15.8. The molecule has 2 aromatic heterocycles. The van der Waals surface area contributed by atoms with E-state index in [2.05, 4.69) is 15.1 Å². The number of halogens is 2. The molecule has 23 heavy (non-hydrogen) atoms. The van der Waals surface area contributed by atoms with Crippen LogP contribution in [0.5, 0.6) is 0 Å². The SMILES string of the molecule is Fc1ccc(-c2ccnc3nc(-c4ccc(Cl)cc4)nn23)cc1. The summed E-state index contributed by atoms with van der Waals surface area (Å²) in [5, 5.41) is 5.17. The van der Waals surface area contributed by atoms with Crippen molar-refractivity contribution in [1.82, 2.24) is 19.6 Å². The number of fused-ring (bicyclic) bond motifs is 1. The fraction of sp³-hybridized carbons (Fsp3) is 0. The summed E-state index contributed by atoms with van der Waals surface area (Å²) in [6.07, 6.45) is 1.66. The van der Waals surface area contributed by atoms with Crippen molar-refractivity contribution >= 4 is 17.4 Å². The lowest BCUT2D eigenvalue weighted by atomic mass is 10.1. The highest BCUT2D eigenvalue weighted by Crippen LogP contribution is 2.23. The van der Waals surface area contributed by atoms with Crippen LogP contribution in [0.4, 0.5) is 4.39 Å². The standard InChI is InChI=1S/C17H10ClFN4/c18-13-5-1-12(2-6-13)16-21-17-20-10-9-15(23(17)22-16)11-3-7-14(19)8-4-11/h1-10H. The highest BCUT2D eigenvalue weighted by molar-refractivity contribution is 6.30. The van der Waals surface area contributed by atoms with Gasteiger partial charge in [0.2, 0.25) is 0 Å². The summed E-state index contributed by atoms with van der Waals surface area (Å²) in [7, 11) is 0. The van der Waals surface area contributed by atoms with E-state index in [4.69, 9.17) is 11.6 Å². The number of hydrogen-bond acceptors (Lipinski definition) is 3. The summed E-state index contributed by atoms with van der Waals surface area (Å²) in [6, 6.07) is 15.3. The van der Waals surface area contributed by atoms with E-state index in [1.807, 2.05) is 18.2 Å². The van der Waals surface area contributed by atoms with Gasteiger partial charge in [-0.05, 0) is 54.6 Å². The molecule has 6 heteroatoms. The minimum absolute atomic E-state index is 0.278. The molecule has 2 aromatic carbocycles. The monoisotopic (exact) mass is 324 g/mol. The lowest BCUT2D eigenvalue weighted by molar-refractivity contribution is 0.628. The van der Waals surface area contributed by atoms with Gasteiger partial charge in [0.05, 0.1) is 5.69 Å². The van der Waals surface area contributed by atoms with Crippen LogP contribution in [0.15, 0.2) is 60.8 Å². The fourth-order valence-electron chi connectivity index (χ4n) is 2.35. The molecule has 0 saturated heterocycles. The van der Waals surface area contributed by atoms with Crippen LogP contribution in [0.25, 0.3) is 28.4 Å². The average Bonchev–Trinajstić information content (AvgIpc) is 3.00. The minimum atomic E-state index is -0.278. The Morgan fingerprint density at radius 2 is 1.57 bits per heavy atom. The van der Waals surface area contributed by atoms with E-state index in [1.165, 1.54) is 12.1 Å². The molecule has 0 unspecified atom stereocenters. The van der Waals surface area contributed by atoms with E-state index in [-0.39, 0.29) is 5.82 Å². The van der Waals surface area contributed by atoms with Gasteiger partial charge in [-0.1, -0.05) is 11.6 Å². The molecule has 0 atom stereocenters. The van der Waals surface area contributed by atoms with Crippen LogP contribution in [0, 0.1) is 5.82 Å². The van der Waals surface area contributed by atoms with Crippen LogP contribution in [-0.2, 0) is 0 Å². The van der Waals surface area contributed by atoms with Gasteiger partial charge in [0.25, 0.3) is 5.78 Å². The third kappa shape index (κ3) is 2.55. The lowest BCUT2D eigenvalue weighted by Gasteiger charge is -2.03. The molecule has 0 amide bonds. The Labute approximate surface area is 136 Å². The molecule has 0 aliphatic heterocycles. The van der Waals surface area contributed by atoms with E-state index < -0.39 is 0 Å². The zero-order valence-electron chi connectivity index (χ0n) is 11.8. The minimum Gasteiger partial charge on any atom is -0.220 e. The molecule has 0 saturated carbocycles. The van der Waals surface area contributed by atoms with Crippen molar-refractivity contribution in [1.29, 1.82) is 0 Å². The van der Waals surface area contributed by atoms with E-state index in [9.17, 15) is 4.39 Å². The Kier molecular flexibility index (Phi) is 3.28. The normalized spacial score (nSPS) is 11.0. The largest absolute Gasteiger partial charge is 0.253 e. The highest BCUT2D eigenvalue weighted by Gasteiger charge is 2.11. The molecule has 0 aliphatic rings. The number of hydrogen-bond donors (Lipinski definition) is 0. The van der Waals surface area contributed by atoms with Crippen molar-refractivity contribution in [2.24, 2.45) is 0 Å². The van der Waals surface area contributed by atoms with Crippen molar-refractivity contribution in [2.45, 2.75) is 0 Å². The summed E-state index contributed by atoms with van der Waals surface area (Å²) in [4.78, 5) is 8.68. The maximum absolute atomic E-state index is 13.1. The molecular formula is C17H10ClFN4. The van der Waals surface area contributed by atoms with Gasteiger partial charge in [0, 0.05) is 22.3 Å². The number of benzene rings is 2. The van der Waals surface area contributed by atoms with E-state index in [1.54, 1.807) is 35.0 Å². The van der Waals surface area contributed by atoms with E-state index in [0.717, 1.165) is 16.8 Å². The van der Waals surface area contributed by atoms with E-state index in [0.29, 0.717) is 16.6 Å². The smallest absolute Gasteiger partial charge is 0.220 e. The molecule has 4 aromatic rings. The third-order valence-electron chi connectivity index (χ3n) is 3.48. The lowest BCUT2D eigenvalue weighted by Crippen LogP contribution is -1.96. The molecular weight excluding hydrogens is 315 g/mol. The van der Waals surface area contributed by atoms with Gasteiger partial charge in [0.15, 0.2) is 5.82 Å². The summed E-state index contributed by atoms with van der Waals surface area (Å²) in [5.41, 5.74) is 2.49. The molecule has 2 heterocycles. The van der Waals surface area contributed by atoms with Crippen LogP contribution < -0.4 is 0 Å². The summed E-state index contributed by atoms with van der Waals surface area (Å²) < 4.78 is 14.8. The first-order chi connectivity index (χ1) is 11.2. The Bertz CT molecular complexity index is 978. The molecule has 112 valence electrons. The Hall–Kier alpha value is -2.79. The molecule has 0 bridgehead atoms. The predicted molar refractivity (Wildman–Crippen MR) is 86.6 cm³/mol. The molecule has 0 spiro atoms. The van der Waals surface area contributed by atoms with Crippen molar-refractivity contribution in [2.75, 3.05) is 0 Å². The average molecular weight is 325 g/mol. The van der Waals surface area contributed by atoms with Gasteiger partial charge in [-0.2, -0.15) is 9.50 Å². The highest BCUT2D eigenvalue weighted by atomic mass is 35.5. The van der Waals surface area contributed by atoms with Gasteiger partial charge in [-0.25, -0.2) is 9.37 Å². The predicted octanol–water partition coefficient (Wildman–Crippen LogP) is 4.25. The maximum atomic E-state index is 13.1.